The third-order valence-electron chi connectivity index (χ3n) is 3.56. The number of carbonyl (C=O) groups excluding carboxylic acids is 2. The summed E-state index contributed by atoms with van der Waals surface area (Å²) in [5, 5.41) is 14.8. The van der Waals surface area contributed by atoms with Gasteiger partial charge in [0.1, 0.15) is 11.6 Å². The van der Waals surface area contributed by atoms with Crippen molar-refractivity contribution in [3.8, 4) is 6.07 Å². The maximum Gasteiger partial charge on any atom is 0.325 e. The first kappa shape index (κ1) is 13.8. The molecule has 0 aromatic rings. The fraction of sp³-hybridized carbons (Fsp3) is 0.750. The lowest BCUT2D eigenvalue weighted by Crippen LogP contribution is -2.53. The summed E-state index contributed by atoms with van der Waals surface area (Å²) < 4.78 is 0. The van der Waals surface area contributed by atoms with Gasteiger partial charge in [0.25, 0.3) is 5.91 Å². The second-order valence-electron chi connectivity index (χ2n) is 5.40. The molecule has 0 radical (unpaired) electrons. The molecule has 0 aromatic carbocycles. The Morgan fingerprint density at radius 3 is 2.74 bits per heavy atom. The molecule has 2 saturated heterocycles. The number of nitrogens with zero attached hydrogens (tertiary/aromatic N) is 3. The molecule has 2 heterocycles. The zero-order valence-electron chi connectivity index (χ0n) is 11.3. The number of imide groups is 1. The quantitative estimate of drug-likeness (QED) is 0.647. The van der Waals surface area contributed by atoms with Crippen LogP contribution in [0.5, 0.6) is 0 Å². The van der Waals surface area contributed by atoms with Crippen molar-refractivity contribution < 1.29 is 9.59 Å². The molecule has 2 fully saturated rings. The van der Waals surface area contributed by atoms with Gasteiger partial charge in [0, 0.05) is 32.7 Å². The van der Waals surface area contributed by atoms with Crippen molar-refractivity contribution in [2.45, 2.75) is 25.4 Å². The second kappa shape index (κ2) is 5.15. The second-order valence-corrected chi connectivity index (χ2v) is 5.40. The van der Waals surface area contributed by atoms with Crippen molar-refractivity contribution in [3.63, 3.8) is 0 Å². The van der Waals surface area contributed by atoms with E-state index in [0.717, 1.165) is 13.1 Å². The van der Waals surface area contributed by atoms with Gasteiger partial charge in [-0.2, -0.15) is 5.26 Å². The molecule has 1 atom stereocenters. The summed E-state index contributed by atoms with van der Waals surface area (Å²) in [4.78, 5) is 27.0. The Balaban J connectivity index is 1.94. The number of hydrogen-bond donors (Lipinski definition) is 2. The molecule has 1 unspecified atom stereocenters. The Morgan fingerprint density at radius 1 is 1.42 bits per heavy atom. The van der Waals surface area contributed by atoms with E-state index in [2.05, 4.69) is 16.7 Å². The molecule has 104 valence electrons. The highest BCUT2D eigenvalue weighted by atomic mass is 16.2. The fourth-order valence-electron chi connectivity index (χ4n) is 2.39. The number of rotatable bonds is 3. The van der Waals surface area contributed by atoms with Gasteiger partial charge in [-0.15, -0.1) is 0 Å². The predicted molar refractivity (Wildman–Crippen MR) is 68.2 cm³/mol. The first-order valence-corrected chi connectivity index (χ1v) is 6.44. The van der Waals surface area contributed by atoms with Crippen LogP contribution in [0.2, 0.25) is 0 Å². The van der Waals surface area contributed by atoms with Crippen molar-refractivity contribution >= 4 is 11.9 Å². The number of hydrogen-bond acceptors (Lipinski definition) is 5. The van der Waals surface area contributed by atoms with Crippen LogP contribution < -0.4 is 10.6 Å². The van der Waals surface area contributed by atoms with Crippen molar-refractivity contribution in [3.05, 3.63) is 0 Å². The zero-order chi connectivity index (χ0) is 14.0. The van der Waals surface area contributed by atoms with Crippen LogP contribution in [0.4, 0.5) is 4.79 Å². The maximum absolute atomic E-state index is 12.0. The first-order chi connectivity index (χ1) is 8.95. The molecule has 7 heteroatoms. The molecular formula is C12H19N5O2. The van der Waals surface area contributed by atoms with E-state index < -0.39 is 5.54 Å². The van der Waals surface area contributed by atoms with Crippen LogP contribution >= 0.6 is 0 Å². The van der Waals surface area contributed by atoms with E-state index in [9.17, 15) is 9.59 Å². The molecule has 0 saturated carbocycles. The van der Waals surface area contributed by atoms with E-state index in [1.165, 1.54) is 4.90 Å². The highest BCUT2D eigenvalue weighted by Gasteiger charge is 2.44. The average Bonchev–Trinajstić information content (AvgIpc) is 2.57. The van der Waals surface area contributed by atoms with Crippen molar-refractivity contribution in [1.29, 1.82) is 5.26 Å². The van der Waals surface area contributed by atoms with E-state index in [1.54, 1.807) is 13.8 Å². The highest BCUT2D eigenvalue weighted by Crippen LogP contribution is 2.16. The van der Waals surface area contributed by atoms with Gasteiger partial charge in [0.15, 0.2) is 0 Å². The summed E-state index contributed by atoms with van der Waals surface area (Å²) in [6.07, 6.45) is 0. The molecule has 0 bridgehead atoms. The fourth-order valence-corrected chi connectivity index (χ4v) is 2.39. The molecule has 0 aliphatic carbocycles. The van der Waals surface area contributed by atoms with E-state index in [4.69, 9.17) is 5.26 Å². The van der Waals surface area contributed by atoms with Crippen LogP contribution in [0.25, 0.3) is 0 Å². The summed E-state index contributed by atoms with van der Waals surface area (Å²) in [5.74, 6) is -0.207. The number of urea groups is 1. The topological polar surface area (TPSA) is 88.5 Å². The maximum atomic E-state index is 12.0. The molecule has 2 rings (SSSR count). The Kier molecular flexibility index (Phi) is 3.73. The van der Waals surface area contributed by atoms with Crippen LogP contribution in [-0.4, -0.2) is 66.0 Å². The largest absolute Gasteiger partial charge is 0.325 e. The van der Waals surface area contributed by atoms with Crippen LogP contribution in [0.1, 0.15) is 13.8 Å². The summed E-state index contributed by atoms with van der Waals surface area (Å²) in [5.41, 5.74) is -0.824. The Bertz CT molecular complexity index is 428. The highest BCUT2D eigenvalue weighted by molar-refractivity contribution is 6.06. The van der Waals surface area contributed by atoms with Crippen molar-refractivity contribution in [1.82, 2.24) is 20.4 Å². The van der Waals surface area contributed by atoms with Gasteiger partial charge >= 0.3 is 6.03 Å². The molecule has 2 aliphatic heterocycles. The third kappa shape index (κ3) is 2.69. The van der Waals surface area contributed by atoms with Crippen molar-refractivity contribution in [2.75, 3.05) is 32.7 Å². The molecule has 0 spiro atoms. The lowest BCUT2D eigenvalue weighted by Gasteiger charge is -2.32. The molecule has 7 nitrogen and oxygen atoms in total. The summed E-state index contributed by atoms with van der Waals surface area (Å²) >= 11 is 0. The molecule has 0 aromatic heterocycles. The van der Waals surface area contributed by atoms with E-state index in [1.807, 2.05) is 4.90 Å². The van der Waals surface area contributed by atoms with Gasteiger partial charge in [0.05, 0.1) is 6.07 Å². The standard InChI is InChI=1S/C12H19N5O2/c1-12(2)10(18)17(11(19)15-12)6-5-16-4-3-14-8-9(16)7-13/h9,14H,3-6,8H2,1-2H3,(H,15,19). The molecule has 2 aliphatic rings. The van der Waals surface area contributed by atoms with Gasteiger partial charge < -0.3 is 10.6 Å². The normalized spacial score (nSPS) is 27.2. The van der Waals surface area contributed by atoms with Gasteiger partial charge in [0.2, 0.25) is 0 Å². The Morgan fingerprint density at radius 2 is 2.16 bits per heavy atom. The minimum atomic E-state index is -0.824. The van der Waals surface area contributed by atoms with Gasteiger partial charge in [-0.05, 0) is 13.8 Å². The minimum Gasteiger partial charge on any atom is -0.324 e. The summed E-state index contributed by atoms with van der Waals surface area (Å²) in [6.45, 7) is 6.45. The van der Waals surface area contributed by atoms with E-state index >= 15 is 0 Å². The van der Waals surface area contributed by atoms with Gasteiger partial charge in [-0.25, -0.2) is 4.79 Å². The predicted octanol–water partition coefficient (Wildman–Crippen LogP) is -0.886. The summed E-state index contributed by atoms with van der Waals surface area (Å²) in [7, 11) is 0. The van der Waals surface area contributed by atoms with Gasteiger partial charge in [-0.3, -0.25) is 14.6 Å². The first-order valence-electron chi connectivity index (χ1n) is 6.44. The van der Waals surface area contributed by atoms with E-state index in [0.29, 0.717) is 19.6 Å². The Labute approximate surface area is 112 Å². The van der Waals surface area contributed by atoms with Crippen molar-refractivity contribution in [2.24, 2.45) is 0 Å². The third-order valence-corrected chi connectivity index (χ3v) is 3.56. The molecular weight excluding hydrogens is 246 g/mol. The van der Waals surface area contributed by atoms with Crippen LogP contribution in [0, 0.1) is 11.3 Å². The number of carbonyl (C=O) groups is 2. The summed E-state index contributed by atoms with van der Waals surface area (Å²) in [6, 6.07) is 1.69. The van der Waals surface area contributed by atoms with Crippen LogP contribution in [-0.2, 0) is 4.79 Å². The number of piperazine rings is 1. The minimum absolute atomic E-state index is 0.192. The van der Waals surface area contributed by atoms with Gasteiger partial charge in [-0.1, -0.05) is 0 Å². The smallest absolute Gasteiger partial charge is 0.324 e. The SMILES string of the molecule is CC1(C)NC(=O)N(CCN2CCNCC2C#N)C1=O. The molecule has 19 heavy (non-hydrogen) atoms. The lowest BCUT2D eigenvalue weighted by molar-refractivity contribution is -0.130. The Hall–Kier alpha value is -1.65. The van der Waals surface area contributed by atoms with Crippen LogP contribution in [0.3, 0.4) is 0 Å². The number of nitriles is 1. The average molecular weight is 265 g/mol. The lowest BCUT2D eigenvalue weighted by atomic mass is 10.1. The molecule has 2 N–H and O–H groups in total. The van der Waals surface area contributed by atoms with E-state index in [-0.39, 0.29) is 18.0 Å². The molecule has 3 amide bonds. The number of nitrogens with one attached hydrogen (secondary N) is 2. The van der Waals surface area contributed by atoms with Crippen LogP contribution in [0.15, 0.2) is 0 Å². The zero-order valence-corrected chi connectivity index (χ0v) is 11.3. The number of amides is 3. The monoisotopic (exact) mass is 265 g/mol.